The first-order valence-electron chi connectivity index (χ1n) is 10.2. The summed E-state index contributed by atoms with van der Waals surface area (Å²) in [6.07, 6.45) is 4.39. The van der Waals surface area contributed by atoms with Crippen LogP contribution < -0.4 is 5.32 Å². The van der Waals surface area contributed by atoms with E-state index in [1.807, 2.05) is 6.07 Å². The van der Waals surface area contributed by atoms with Crippen LogP contribution in [-0.4, -0.2) is 54.5 Å². The molecule has 1 unspecified atom stereocenters. The third-order valence-corrected chi connectivity index (χ3v) is 6.01. The fourth-order valence-corrected chi connectivity index (χ4v) is 4.34. The number of carboxylic acids is 1. The summed E-state index contributed by atoms with van der Waals surface area (Å²) in [5.41, 5.74) is 0.772. The Morgan fingerprint density at radius 1 is 1.19 bits per heavy atom. The summed E-state index contributed by atoms with van der Waals surface area (Å²) < 4.78 is 5.08. The number of hydrogen-bond donors (Lipinski definition) is 2. The van der Waals surface area contributed by atoms with Gasteiger partial charge in [-0.2, -0.15) is 4.80 Å². The molecule has 1 amide bonds. The Bertz CT molecular complexity index is 885. The van der Waals surface area contributed by atoms with Crippen LogP contribution in [0.25, 0.3) is 0 Å². The van der Waals surface area contributed by atoms with E-state index in [1.54, 1.807) is 36.0 Å². The Morgan fingerprint density at radius 2 is 1.94 bits per heavy atom. The first-order chi connectivity index (χ1) is 15.0. The smallest absolute Gasteiger partial charge is 0.408 e. The van der Waals surface area contributed by atoms with Crippen LogP contribution in [0.1, 0.15) is 44.1 Å². The van der Waals surface area contributed by atoms with Gasteiger partial charge in [0.25, 0.3) is 0 Å². The number of carbonyl (C=O) groups is 3. The van der Waals surface area contributed by atoms with Gasteiger partial charge in [0.05, 0.1) is 6.42 Å². The van der Waals surface area contributed by atoms with Crippen molar-refractivity contribution in [3.8, 4) is 0 Å². The fraction of sp³-hybridized carbons (Fsp3) is 0.500. The molecule has 1 aromatic carbocycles. The van der Waals surface area contributed by atoms with Crippen molar-refractivity contribution in [3.63, 3.8) is 0 Å². The molecule has 1 aromatic heterocycles. The number of ketones is 1. The second-order valence-corrected chi connectivity index (χ2v) is 8.57. The van der Waals surface area contributed by atoms with Crippen LogP contribution in [0.15, 0.2) is 35.5 Å². The molecule has 10 nitrogen and oxygen atoms in total. The van der Waals surface area contributed by atoms with Crippen LogP contribution in [0.2, 0.25) is 0 Å². The van der Waals surface area contributed by atoms with Crippen molar-refractivity contribution >= 4 is 29.6 Å². The Hall–Kier alpha value is -2.95. The minimum atomic E-state index is -1.26. The zero-order chi connectivity index (χ0) is 22.1. The fourth-order valence-electron chi connectivity index (χ4n) is 3.25. The number of thioether (sulfide) groups is 1. The molecule has 2 aromatic rings. The number of carboxylic acid groups (broad SMARTS) is 1. The summed E-state index contributed by atoms with van der Waals surface area (Å²) in [6.45, 7) is -0.290. The molecule has 2 N–H and O–H groups in total. The normalized spacial score (nSPS) is 15.2. The van der Waals surface area contributed by atoms with Gasteiger partial charge in [-0.3, -0.25) is 9.59 Å². The van der Waals surface area contributed by atoms with Gasteiger partial charge < -0.3 is 15.2 Å². The molecule has 0 aliphatic heterocycles. The van der Waals surface area contributed by atoms with Crippen molar-refractivity contribution in [3.05, 3.63) is 35.9 Å². The van der Waals surface area contributed by atoms with Crippen molar-refractivity contribution in [2.24, 2.45) is 0 Å². The van der Waals surface area contributed by atoms with Crippen molar-refractivity contribution < 1.29 is 24.2 Å². The van der Waals surface area contributed by atoms with Crippen molar-refractivity contribution in [1.82, 2.24) is 25.5 Å². The minimum absolute atomic E-state index is 0.00698. The Balaban J connectivity index is 1.52. The molecule has 0 bridgehead atoms. The predicted octanol–water partition coefficient (Wildman–Crippen LogP) is 2.44. The molecule has 0 radical (unpaired) electrons. The van der Waals surface area contributed by atoms with E-state index in [1.165, 1.54) is 19.3 Å². The van der Waals surface area contributed by atoms with Crippen LogP contribution in [0, 0.1) is 0 Å². The molecule has 1 aliphatic rings. The maximum Gasteiger partial charge on any atom is 0.408 e. The highest BCUT2D eigenvalue weighted by Crippen LogP contribution is 2.31. The topological polar surface area (TPSA) is 136 Å². The van der Waals surface area contributed by atoms with E-state index in [4.69, 9.17) is 9.84 Å². The number of carbonyl (C=O) groups excluding carboxylic acids is 2. The SMILES string of the molecule is O=C(O)CC(NC(=O)OCc1ccccc1)C(=O)Cn1nnc(SC2CCCCC2)n1. The molecule has 0 spiro atoms. The molecule has 0 saturated heterocycles. The van der Waals surface area contributed by atoms with E-state index in [2.05, 4.69) is 20.7 Å². The number of amides is 1. The lowest BCUT2D eigenvalue weighted by Gasteiger charge is -2.18. The highest BCUT2D eigenvalue weighted by atomic mass is 32.2. The van der Waals surface area contributed by atoms with Gasteiger partial charge >= 0.3 is 12.1 Å². The second kappa shape index (κ2) is 11.4. The zero-order valence-electron chi connectivity index (χ0n) is 17.0. The molecular formula is C20H25N5O5S. The standard InChI is InChI=1S/C20H25N5O5S/c26-17(12-25-23-19(22-24-25)31-15-9-5-2-6-10-15)16(11-18(27)28)21-20(29)30-13-14-7-3-1-4-8-14/h1,3-4,7-8,15-16H,2,5-6,9-13H2,(H,21,29)(H,27,28). The van der Waals surface area contributed by atoms with Gasteiger partial charge in [-0.05, 0) is 23.6 Å². The summed E-state index contributed by atoms with van der Waals surface area (Å²) in [7, 11) is 0. The number of aromatic nitrogens is 4. The largest absolute Gasteiger partial charge is 0.481 e. The first-order valence-corrected chi connectivity index (χ1v) is 11.0. The number of ether oxygens (including phenoxy) is 1. The molecule has 1 aliphatic carbocycles. The molecule has 1 heterocycles. The van der Waals surface area contributed by atoms with E-state index in [0.29, 0.717) is 10.4 Å². The maximum absolute atomic E-state index is 12.6. The van der Waals surface area contributed by atoms with Crippen LogP contribution >= 0.6 is 11.8 Å². The highest BCUT2D eigenvalue weighted by Gasteiger charge is 2.26. The summed E-state index contributed by atoms with van der Waals surface area (Å²) in [6, 6.07) is 7.75. The number of Topliss-reactive ketones (excluding diaryl/α,β-unsaturated/α-hetero) is 1. The number of alkyl carbamates (subject to hydrolysis) is 1. The Kier molecular flexibility index (Phi) is 8.39. The molecule has 1 fully saturated rings. The van der Waals surface area contributed by atoms with Gasteiger partial charge in [0, 0.05) is 5.25 Å². The van der Waals surface area contributed by atoms with Crippen molar-refractivity contribution in [2.45, 2.75) is 68.1 Å². The predicted molar refractivity (Wildman–Crippen MR) is 111 cm³/mol. The molecule has 11 heteroatoms. The third-order valence-electron chi connectivity index (χ3n) is 4.83. The summed E-state index contributed by atoms with van der Waals surface area (Å²) >= 11 is 1.55. The average Bonchev–Trinajstić information content (AvgIpc) is 3.19. The zero-order valence-corrected chi connectivity index (χ0v) is 17.8. The third kappa shape index (κ3) is 7.67. The van der Waals surface area contributed by atoms with E-state index in [9.17, 15) is 14.4 Å². The number of hydrogen-bond acceptors (Lipinski definition) is 8. The second-order valence-electron chi connectivity index (χ2n) is 7.30. The van der Waals surface area contributed by atoms with E-state index in [0.717, 1.165) is 23.2 Å². The maximum atomic E-state index is 12.6. The minimum Gasteiger partial charge on any atom is -0.481 e. The quantitative estimate of drug-likeness (QED) is 0.562. The number of nitrogens with one attached hydrogen (secondary N) is 1. The molecule has 1 atom stereocenters. The van der Waals surface area contributed by atoms with Gasteiger partial charge in [-0.15, -0.1) is 10.2 Å². The van der Waals surface area contributed by atoms with Crippen molar-refractivity contribution in [1.29, 1.82) is 0 Å². The number of rotatable bonds is 10. The Morgan fingerprint density at radius 3 is 2.65 bits per heavy atom. The molecule has 166 valence electrons. The first kappa shape index (κ1) is 22.7. The lowest BCUT2D eigenvalue weighted by molar-refractivity contribution is -0.139. The van der Waals surface area contributed by atoms with Crippen LogP contribution in [-0.2, 0) is 27.5 Å². The van der Waals surface area contributed by atoms with E-state index in [-0.39, 0.29) is 13.2 Å². The average molecular weight is 448 g/mol. The van der Waals surface area contributed by atoms with Gasteiger partial charge in [0.1, 0.15) is 19.2 Å². The van der Waals surface area contributed by atoms with Gasteiger partial charge in [-0.1, -0.05) is 61.4 Å². The molecule has 1 saturated carbocycles. The van der Waals surface area contributed by atoms with Crippen LogP contribution in [0.4, 0.5) is 4.79 Å². The van der Waals surface area contributed by atoms with E-state index >= 15 is 0 Å². The van der Waals surface area contributed by atoms with Gasteiger partial charge in [-0.25, -0.2) is 4.79 Å². The number of aliphatic carboxylic acids is 1. The monoisotopic (exact) mass is 447 g/mol. The van der Waals surface area contributed by atoms with E-state index < -0.39 is 30.3 Å². The van der Waals surface area contributed by atoms with Crippen LogP contribution in [0.5, 0.6) is 0 Å². The number of nitrogens with zero attached hydrogens (tertiary/aromatic N) is 4. The summed E-state index contributed by atoms with van der Waals surface area (Å²) in [4.78, 5) is 36.9. The lowest BCUT2D eigenvalue weighted by atomic mass is 10.0. The molecular weight excluding hydrogens is 422 g/mol. The number of tetrazole rings is 1. The summed E-state index contributed by atoms with van der Waals surface area (Å²) in [5.74, 6) is -1.77. The molecule has 31 heavy (non-hydrogen) atoms. The van der Waals surface area contributed by atoms with Gasteiger partial charge in [0.2, 0.25) is 5.16 Å². The number of benzene rings is 1. The van der Waals surface area contributed by atoms with Crippen molar-refractivity contribution in [2.75, 3.05) is 0 Å². The van der Waals surface area contributed by atoms with Crippen LogP contribution in [0.3, 0.4) is 0 Å². The molecule has 3 rings (SSSR count). The highest BCUT2D eigenvalue weighted by molar-refractivity contribution is 7.99. The Labute approximate surface area is 183 Å². The lowest BCUT2D eigenvalue weighted by Crippen LogP contribution is -2.44. The summed E-state index contributed by atoms with van der Waals surface area (Å²) in [5, 5.41) is 24.4. The van der Waals surface area contributed by atoms with Gasteiger partial charge in [0.15, 0.2) is 5.78 Å².